The number of benzene rings is 1. The zero-order chi connectivity index (χ0) is 19.6. The molecule has 0 radical (unpaired) electrons. The maximum Gasteiger partial charge on any atom is 0.154 e. The molecule has 1 atom stereocenters. The molecule has 27 heavy (non-hydrogen) atoms. The van der Waals surface area contributed by atoms with Crippen LogP contribution in [0.25, 0.3) is 0 Å². The molecule has 5 nitrogen and oxygen atoms in total. The number of methoxy groups -OCH3 is 1. The van der Waals surface area contributed by atoms with E-state index in [-0.39, 0.29) is 0 Å². The smallest absolute Gasteiger partial charge is 0.154 e. The van der Waals surface area contributed by atoms with Gasteiger partial charge in [-0.25, -0.2) is 4.98 Å². The Kier molecular flexibility index (Phi) is 8.98. The first kappa shape index (κ1) is 21.6. The minimum Gasteiger partial charge on any atom is -0.385 e. The monoisotopic (exact) mass is 390 g/mol. The Bertz CT molecular complexity index is 683. The molecule has 0 saturated heterocycles. The van der Waals surface area contributed by atoms with Crippen LogP contribution >= 0.6 is 11.6 Å². The summed E-state index contributed by atoms with van der Waals surface area (Å²) in [4.78, 5) is 13.6. The van der Waals surface area contributed by atoms with E-state index in [0.717, 1.165) is 44.0 Å². The molecule has 1 unspecified atom stereocenters. The van der Waals surface area contributed by atoms with Gasteiger partial charge in [0.05, 0.1) is 11.9 Å². The molecule has 0 bridgehead atoms. The molecule has 6 heteroatoms. The zero-order valence-electron chi connectivity index (χ0n) is 16.9. The van der Waals surface area contributed by atoms with Crippen LogP contribution in [0.5, 0.6) is 0 Å². The lowest BCUT2D eigenvalue weighted by Crippen LogP contribution is -2.29. The Morgan fingerprint density at radius 3 is 2.56 bits per heavy atom. The first-order valence-corrected chi connectivity index (χ1v) is 9.92. The van der Waals surface area contributed by atoms with E-state index in [2.05, 4.69) is 57.9 Å². The molecule has 2 aromatic rings. The summed E-state index contributed by atoms with van der Waals surface area (Å²) in [5, 5.41) is 0.479. The average Bonchev–Trinajstić information content (AvgIpc) is 2.69. The molecule has 0 N–H and O–H groups in total. The number of nitrogens with zero attached hydrogens (tertiary/aromatic N) is 4. The van der Waals surface area contributed by atoms with Crippen molar-refractivity contribution >= 4 is 17.4 Å². The fourth-order valence-electron chi connectivity index (χ4n) is 2.86. The number of halogens is 1. The Balaban J connectivity index is 2.10. The highest BCUT2D eigenvalue weighted by Crippen LogP contribution is 2.20. The fraction of sp³-hybridized carbons (Fsp3) is 0.524. The van der Waals surface area contributed by atoms with Gasteiger partial charge in [-0.05, 0) is 25.3 Å². The molecule has 0 aliphatic heterocycles. The molecule has 1 heterocycles. The van der Waals surface area contributed by atoms with Gasteiger partial charge in [0.2, 0.25) is 0 Å². The second-order valence-electron chi connectivity index (χ2n) is 6.88. The zero-order valence-corrected chi connectivity index (χ0v) is 17.6. The van der Waals surface area contributed by atoms with Crippen molar-refractivity contribution in [2.45, 2.75) is 45.8 Å². The van der Waals surface area contributed by atoms with E-state index in [1.54, 1.807) is 7.11 Å². The normalized spacial score (nSPS) is 12.4. The van der Waals surface area contributed by atoms with Crippen LogP contribution in [0, 0.1) is 0 Å². The third kappa shape index (κ3) is 6.76. The molecule has 148 valence electrons. The number of aromatic nitrogens is 2. The fourth-order valence-corrected chi connectivity index (χ4v) is 3.05. The second kappa shape index (κ2) is 11.2. The lowest BCUT2D eigenvalue weighted by atomic mass is 10.2. The Morgan fingerprint density at radius 2 is 1.93 bits per heavy atom. The number of ether oxygens (including phenoxy) is 1. The van der Waals surface area contributed by atoms with Crippen molar-refractivity contribution in [1.29, 1.82) is 0 Å². The summed E-state index contributed by atoms with van der Waals surface area (Å²) in [6, 6.07) is 10.8. The lowest BCUT2D eigenvalue weighted by Gasteiger charge is -2.26. The summed E-state index contributed by atoms with van der Waals surface area (Å²) in [6.07, 6.45) is 3.83. The predicted octanol–water partition coefficient (Wildman–Crippen LogP) is 4.40. The second-order valence-corrected chi connectivity index (χ2v) is 7.23. The highest BCUT2D eigenvalue weighted by molar-refractivity contribution is 6.30. The first-order valence-electron chi connectivity index (χ1n) is 9.54. The molecular formula is C21H31ClN4O. The minimum atomic E-state index is 0.393. The van der Waals surface area contributed by atoms with Crippen molar-refractivity contribution in [3.63, 3.8) is 0 Å². The predicted molar refractivity (Wildman–Crippen MR) is 112 cm³/mol. The van der Waals surface area contributed by atoms with Crippen molar-refractivity contribution in [3.8, 4) is 0 Å². The summed E-state index contributed by atoms with van der Waals surface area (Å²) in [5.74, 6) is 0.812. The summed E-state index contributed by atoms with van der Waals surface area (Å²) < 4.78 is 5.21. The van der Waals surface area contributed by atoms with E-state index in [1.165, 1.54) is 5.56 Å². The highest BCUT2D eigenvalue weighted by atomic mass is 35.5. The summed E-state index contributed by atoms with van der Waals surface area (Å²) in [6.45, 7) is 7.49. The van der Waals surface area contributed by atoms with Crippen LogP contribution in [0.1, 0.15) is 37.9 Å². The van der Waals surface area contributed by atoms with Crippen molar-refractivity contribution in [2.24, 2.45) is 0 Å². The third-order valence-electron chi connectivity index (χ3n) is 4.85. The van der Waals surface area contributed by atoms with E-state index in [0.29, 0.717) is 17.7 Å². The van der Waals surface area contributed by atoms with Crippen LogP contribution in [-0.2, 0) is 17.8 Å². The van der Waals surface area contributed by atoms with E-state index in [1.807, 2.05) is 19.3 Å². The van der Waals surface area contributed by atoms with Crippen molar-refractivity contribution in [1.82, 2.24) is 14.9 Å². The van der Waals surface area contributed by atoms with Gasteiger partial charge < -0.3 is 9.64 Å². The maximum atomic E-state index is 6.48. The van der Waals surface area contributed by atoms with Gasteiger partial charge in [0.25, 0.3) is 0 Å². The van der Waals surface area contributed by atoms with E-state index < -0.39 is 0 Å². The minimum absolute atomic E-state index is 0.393. The maximum absolute atomic E-state index is 6.48. The van der Waals surface area contributed by atoms with Gasteiger partial charge in [-0.15, -0.1) is 0 Å². The van der Waals surface area contributed by atoms with Crippen molar-refractivity contribution < 1.29 is 4.74 Å². The highest BCUT2D eigenvalue weighted by Gasteiger charge is 2.15. The van der Waals surface area contributed by atoms with Crippen molar-refractivity contribution in [2.75, 3.05) is 32.2 Å². The quantitative estimate of drug-likeness (QED) is 0.532. The van der Waals surface area contributed by atoms with Crippen LogP contribution in [0.2, 0.25) is 5.15 Å². The van der Waals surface area contributed by atoms with E-state index in [9.17, 15) is 0 Å². The van der Waals surface area contributed by atoms with Gasteiger partial charge in [0.15, 0.2) is 5.15 Å². The Hall–Kier alpha value is -1.69. The standard InChI is InChI=1S/C21H31ClN4O/c1-5-17(2)25(3)20-14-23-19(21(22)24-20)16-26(12-9-13-27-4)15-18-10-7-6-8-11-18/h6-8,10-11,14,17H,5,9,12-13,15-16H2,1-4H3. The van der Waals surface area contributed by atoms with Gasteiger partial charge >= 0.3 is 0 Å². The van der Waals surface area contributed by atoms with Gasteiger partial charge in [0, 0.05) is 46.4 Å². The molecule has 0 aliphatic carbocycles. The molecule has 1 aromatic heterocycles. The van der Waals surface area contributed by atoms with Crippen LogP contribution < -0.4 is 4.90 Å². The lowest BCUT2D eigenvalue weighted by molar-refractivity contribution is 0.166. The summed E-state index contributed by atoms with van der Waals surface area (Å²) in [7, 11) is 3.76. The van der Waals surface area contributed by atoms with Gasteiger partial charge in [0.1, 0.15) is 5.82 Å². The number of rotatable bonds is 11. The molecule has 2 rings (SSSR count). The molecule has 0 spiro atoms. The molecule has 1 aromatic carbocycles. The molecule has 0 amide bonds. The van der Waals surface area contributed by atoms with E-state index >= 15 is 0 Å². The van der Waals surface area contributed by atoms with Crippen LogP contribution in [0.3, 0.4) is 0 Å². The number of hydrogen-bond acceptors (Lipinski definition) is 5. The van der Waals surface area contributed by atoms with Gasteiger partial charge in [-0.3, -0.25) is 9.88 Å². The first-order chi connectivity index (χ1) is 13.0. The SMILES string of the molecule is CCC(C)N(C)c1cnc(CN(CCCOC)Cc2ccccc2)c(Cl)n1. The molecule has 0 aliphatic rings. The third-order valence-corrected chi connectivity index (χ3v) is 5.15. The van der Waals surface area contributed by atoms with Gasteiger partial charge in [-0.1, -0.05) is 48.9 Å². The average molecular weight is 391 g/mol. The van der Waals surface area contributed by atoms with Gasteiger partial charge in [-0.2, -0.15) is 0 Å². The summed E-state index contributed by atoms with van der Waals surface area (Å²) >= 11 is 6.48. The molecule has 0 fully saturated rings. The Labute approximate surface area is 168 Å². The topological polar surface area (TPSA) is 41.5 Å². The summed E-state index contributed by atoms with van der Waals surface area (Å²) in [5.41, 5.74) is 2.08. The number of hydrogen-bond donors (Lipinski definition) is 0. The molecule has 0 saturated carbocycles. The van der Waals surface area contributed by atoms with Crippen LogP contribution in [-0.4, -0.2) is 48.2 Å². The van der Waals surface area contributed by atoms with E-state index in [4.69, 9.17) is 16.3 Å². The van der Waals surface area contributed by atoms with Crippen LogP contribution in [0.15, 0.2) is 36.5 Å². The molecular weight excluding hydrogens is 360 g/mol. The number of anilines is 1. The van der Waals surface area contributed by atoms with Crippen molar-refractivity contribution in [3.05, 3.63) is 52.9 Å². The Morgan fingerprint density at radius 1 is 1.19 bits per heavy atom. The van der Waals surface area contributed by atoms with Crippen LogP contribution in [0.4, 0.5) is 5.82 Å². The largest absolute Gasteiger partial charge is 0.385 e.